The van der Waals surface area contributed by atoms with E-state index in [1.807, 2.05) is 0 Å². The monoisotopic (exact) mass is 171 g/mol. The van der Waals surface area contributed by atoms with Crippen molar-refractivity contribution in [3.63, 3.8) is 0 Å². The average Bonchev–Trinajstić information content (AvgIpc) is 2.06. The van der Waals surface area contributed by atoms with E-state index in [-0.39, 0.29) is 0 Å². The summed E-state index contributed by atoms with van der Waals surface area (Å²) in [5.74, 6) is 0.597. The normalized spacial score (nSPS) is 23.0. The van der Waals surface area contributed by atoms with Crippen molar-refractivity contribution < 1.29 is 0 Å². The maximum atomic E-state index is 5.99. The van der Waals surface area contributed by atoms with Gasteiger partial charge in [0.15, 0.2) is 0 Å². The SMILES string of the molecule is CC(C)C(N)CN1CCNCC1. The highest BCUT2D eigenvalue weighted by Crippen LogP contribution is 2.01. The van der Waals surface area contributed by atoms with Crippen molar-refractivity contribution >= 4 is 0 Å². The largest absolute Gasteiger partial charge is 0.326 e. The topological polar surface area (TPSA) is 41.3 Å². The number of piperazine rings is 1. The van der Waals surface area contributed by atoms with Crippen LogP contribution in [0.1, 0.15) is 13.8 Å². The van der Waals surface area contributed by atoms with Crippen molar-refractivity contribution in [2.75, 3.05) is 32.7 Å². The van der Waals surface area contributed by atoms with E-state index in [9.17, 15) is 0 Å². The van der Waals surface area contributed by atoms with Crippen LogP contribution in [0.5, 0.6) is 0 Å². The van der Waals surface area contributed by atoms with Crippen LogP contribution < -0.4 is 11.1 Å². The van der Waals surface area contributed by atoms with E-state index in [1.165, 1.54) is 0 Å². The molecule has 0 aromatic rings. The fraction of sp³-hybridized carbons (Fsp3) is 1.00. The minimum atomic E-state index is 0.336. The summed E-state index contributed by atoms with van der Waals surface area (Å²) >= 11 is 0. The van der Waals surface area contributed by atoms with E-state index in [2.05, 4.69) is 24.1 Å². The molecule has 3 N–H and O–H groups in total. The third kappa shape index (κ3) is 3.09. The van der Waals surface area contributed by atoms with Gasteiger partial charge in [0.25, 0.3) is 0 Å². The molecule has 0 aromatic heterocycles. The van der Waals surface area contributed by atoms with E-state index < -0.39 is 0 Å². The van der Waals surface area contributed by atoms with Crippen LogP contribution in [0, 0.1) is 5.92 Å². The first-order chi connectivity index (χ1) is 5.70. The molecule has 0 spiro atoms. The predicted molar refractivity (Wildman–Crippen MR) is 52.1 cm³/mol. The van der Waals surface area contributed by atoms with Crippen molar-refractivity contribution in [3.8, 4) is 0 Å². The highest BCUT2D eigenvalue weighted by Gasteiger charge is 2.14. The van der Waals surface area contributed by atoms with Gasteiger partial charge >= 0.3 is 0 Å². The molecule has 1 unspecified atom stereocenters. The second-order valence-corrected chi connectivity index (χ2v) is 3.96. The third-order valence-electron chi connectivity index (χ3n) is 2.53. The molecule has 1 aliphatic rings. The molecule has 1 saturated heterocycles. The van der Waals surface area contributed by atoms with Gasteiger partial charge in [-0.1, -0.05) is 13.8 Å². The van der Waals surface area contributed by atoms with E-state index in [0.29, 0.717) is 12.0 Å². The van der Waals surface area contributed by atoms with Gasteiger partial charge in [0.2, 0.25) is 0 Å². The van der Waals surface area contributed by atoms with Gasteiger partial charge in [-0.3, -0.25) is 4.90 Å². The van der Waals surface area contributed by atoms with Crippen LogP contribution in [0.15, 0.2) is 0 Å². The van der Waals surface area contributed by atoms with Crippen molar-refractivity contribution in [1.29, 1.82) is 0 Å². The predicted octanol–water partition coefficient (Wildman–Crippen LogP) is -0.125. The Bertz CT molecular complexity index is 119. The zero-order chi connectivity index (χ0) is 8.97. The Morgan fingerprint density at radius 1 is 1.33 bits per heavy atom. The fourth-order valence-corrected chi connectivity index (χ4v) is 1.40. The summed E-state index contributed by atoms with van der Waals surface area (Å²) in [5.41, 5.74) is 5.99. The zero-order valence-corrected chi connectivity index (χ0v) is 8.21. The van der Waals surface area contributed by atoms with Gasteiger partial charge < -0.3 is 11.1 Å². The first-order valence-corrected chi connectivity index (χ1v) is 4.89. The maximum absolute atomic E-state index is 5.99. The molecule has 3 heteroatoms. The maximum Gasteiger partial charge on any atom is 0.0191 e. The second-order valence-electron chi connectivity index (χ2n) is 3.96. The summed E-state index contributed by atoms with van der Waals surface area (Å²) < 4.78 is 0. The molecule has 0 saturated carbocycles. The van der Waals surface area contributed by atoms with Crippen LogP contribution in [0.25, 0.3) is 0 Å². The lowest BCUT2D eigenvalue weighted by Crippen LogP contribution is -2.49. The number of hydrogen-bond acceptors (Lipinski definition) is 3. The highest BCUT2D eigenvalue weighted by molar-refractivity contribution is 4.74. The minimum absolute atomic E-state index is 0.336. The molecule has 1 aliphatic heterocycles. The fourth-order valence-electron chi connectivity index (χ4n) is 1.40. The molecule has 1 rings (SSSR count). The van der Waals surface area contributed by atoms with Gasteiger partial charge in [0, 0.05) is 38.8 Å². The van der Waals surface area contributed by atoms with Gasteiger partial charge in [-0.05, 0) is 5.92 Å². The Balaban J connectivity index is 2.20. The first kappa shape index (κ1) is 9.96. The van der Waals surface area contributed by atoms with Crippen molar-refractivity contribution in [3.05, 3.63) is 0 Å². The number of hydrogen-bond donors (Lipinski definition) is 2. The summed E-state index contributed by atoms with van der Waals surface area (Å²) in [6.07, 6.45) is 0. The molecule has 1 fully saturated rings. The Morgan fingerprint density at radius 3 is 2.42 bits per heavy atom. The molecule has 72 valence electrons. The summed E-state index contributed by atoms with van der Waals surface area (Å²) in [6, 6.07) is 0.336. The Morgan fingerprint density at radius 2 is 1.92 bits per heavy atom. The lowest BCUT2D eigenvalue weighted by molar-refractivity contribution is 0.213. The summed E-state index contributed by atoms with van der Waals surface area (Å²) in [4.78, 5) is 2.45. The van der Waals surface area contributed by atoms with Crippen LogP contribution in [-0.2, 0) is 0 Å². The highest BCUT2D eigenvalue weighted by atomic mass is 15.2. The lowest BCUT2D eigenvalue weighted by atomic mass is 10.1. The molecule has 0 bridgehead atoms. The quantitative estimate of drug-likeness (QED) is 0.622. The molecule has 1 heterocycles. The number of nitrogens with one attached hydrogen (secondary N) is 1. The number of nitrogens with zero attached hydrogens (tertiary/aromatic N) is 1. The molecular formula is C9H21N3. The van der Waals surface area contributed by atoms with E-state index in [0.717, 1.165) is 32.7 Å². The molecule has 0 radical (unpaired) electrons. The van der Waals surface area contributed by atoms with Gasteiger partial charge in [0.1, 0.15) is 0 Å². The molecule has 1 atom stereocenters. The van der Waals surface area contributed by atoms with Crippen LogP contribution in [0.3, 0.4) is 0 Å². The standard InChI is InChI=1S/C9H21N3/c1-8(2)9(10)7-12-5-3-11-4-6-12/h8-9,11H,3-7,10H2,1-2H3. The first-order valence-electron chi connectivity index (χ1n) is 4.89. The van der Waals surface area contributed by atoms with Crippen molar-refractivity contribution in [2.24, 2.45) is 11.7 Å². The van der Waals surface area contributed by atoms with Crippen molar-refractivity contribution in [2.45, 2.75) is 19.9 Å². The van der Waals surface area contributed by atoms with E-state index in [1.54, 1.807) is 0 Å². The average molecular weight is 171 g/mol. The smallest absolute Gasteiger partial charge is 0.0191 e. The summed E-state index contributed by atoms with van der Waals surface area (Å²) in [6.45, 7) is 9.97. The van der Waals surface area contributed by atoms with E-state index in [4.69, 9.17) is 5.73 Å². The summed E-state index contributed by atoms with van der Waals surface area (Å²) in [5, 5.41) is 3.33. The second kappa shape index (κ2) is 4.80. The van der Waals surface area contributed by atoms with Crippen LogP contribution in [0.2, 0.25) is 0 Å². The van der Waals surface area contributed by atoms with E-state index >= 15 is 0 Å². The third-order valence-corrected chi connectivity index (χ3v) is 2.53. The Hall–Kier alpha value is -0.120. The Kier molecular flexibility index (Phi) is 3.98. The van der Waals surface area contributed by atoms with Gasteiger partial charge in [0.05, 0.1) is 0 Å². The summed E-state index contributed by atoms with van der Waals surface area (Å²) in [7, 11) is 0. The van der Waals surface area contributed by atoms with Gasteiger partial charge in [-0.15, -0.1) is 0 Å². The zero-order valence-electron chi connectivity index (χ0n) is 8.21. The van der Waals surface area contributed by atoms with Gasteiger partial charge in [-0.25, -0.2) is 0 Å². The minimum Gasteiger partial charge on any atom is -0.326 e. The Labute approximate surface area is 75.3 Å². The van der Waals surface area contributed by atoms with Crippen LogP contribution in [0.4, 0.5) is 0 Å². The van der Waals surface area contributed by atoms with Crippen molar-refractivity contribution in [1.82, 2.24) is 10.2 Å². The molecule has 0 aliphatic carbocycles. The molecule has 0 aromatic carbocycles. The molecule has 0 amide bonds. The van der Waals surface area contributed by atoms with Crippen LogP contribution in [-0.4, -0.2) is 43.7 Å². The van der Waals surface area contributed by atoms with Gasteiger partial charge in [-0.2, -0.15) is 0 Å². The number of nitrogens with two attached hydrogens (primary N) is 1. The lowest BCUT2D eigenvalue weighted by Gasteiger charge is -2.30. The van der Waals surface area contributed by atoms with Crippen LogP contribution >= 0.6 is 0 Å². The molecular weight excluding hydrogens is 150 g/mol. The number of rotatable bonds is 3. The molecule has 12 heavy (non-hydrogen) atoms. The molecule has 3 nitrogen and oxygen atoms in total.